The van der Waals surface area contributed by atoms with Crippen LogP contribution in [0.15, 0.2) is 0 Å². The average Bonchev–Trinajstić information content (AvgIpc) is 3.56. The quantitative estimate of drug-likeness (QED) is 0.0318. The van der Waals surface area contributed by atoms with Crippen molar-refractivity contribution in [3.8, 4) is 0 Å². The molecule has 0 spiro atoms. The summed E-state index contributed by atoms with van der Waals surface area (Å²) in [6.45, 7) is 11.9. The van der Waals surface area contributed by atoms with E-state index in [-0.39, 0.29) is 90.7 Å². The lowest BCUT2D eigenvalue weighted by atomic mass is 9.93. The molecule has 0 aromatic heterocycles. The first-order chi connectivity index (χ1) is 37.9. The van der Waals surface area contributed by atoms with Gasteiger partial charge < -0.3 is 33.2 Å². The van der Waals surface area contributed by atoms with E-state index in [4.69, 9.17) is 33.2 Å². The highest BCUT2D eigenvalue weighted by molar-refractivity contribution is 5.77. The topological polar surface area (TPSA) is 187 Å². The molecule has 1 aliphatic heterocycles. The van der Waals surface area contributed by atoms with Gasteiger partial charge in [-0.1, -0.05) is 195 Å². The number of ether oxygens (including phenoxy) is 7. The highest BCUT2D eigenvalue weighted by Crippen LogP contribution is 2.31. The number of esters is 6. The second-order valence-corrected chi connectivity index (χ2v) is 23.0. The SMILES string of the molecule is CCCCCCCCOC(=O)CC(CC(=O)OCCCCCCCC)CC(=O)OC[C@H]1C[C@H](COC(=O)CC(CC(=O)OCCCCCCCC)CC(=O)OCCCCCCCC)N1C(=O)OCC1CCCCCC(C)CC1. The fourth-order valence-electron chi connectivity index (χ4n) is 10.5. The number of hydrogen-bond donors (Lipinski definition) is 0. The molecule has 452 valence electrons. The maximum Gasteiger partial charge on any atom is 0.410 e. The molecule has 0 aromatic carbocycles. The molecule has 2 fully saturated rings. The third kappa shape index (κ3) is 36.4. The van der Waals surface area contributed by atoms with Crippen LogP contribution in [0.3, 0.4) is 0 Å². The minimum Gasteiger partial charge on any atom is -0.466 e. The fraction of sp³-hybridized carbons (Fsp3) is 0.889. The Bertz CT molecular complexity index is 1450. The molecule has 4 atom stereocenters. The van der Waals surface area contributed by atoms with Crippen molar-refractivity contribution in [2.24, 2.45) is 23.7 Å². The fourth-order valence-corrected chi connectivity index (χ4v) is 10.5. The molecule has 0 N–H and O–H groups in total. The maximum atomic E-state index is 14.0. The summed E-state index contributed by atoms with van der Waals surface area (Å²) in [5.74, 6) is -3.78. The molecule has 0 aromatic rings. The number of amides is 1. The Kier molecular flexibility index (Phi) is 42.1. The molecule has 2 unspecified atom stereocenters. The molecule has 1 heterocycles. The molecule has 0 radical (unpaired) electrons. The molecule has 78 heavy (non-hydrogen) atoms. The minimum atomic E-state index is -0.704. The van der Waals surface area contributed by atoms with Gasteiger partial charge in [-0.3, -0.25) is 33.7 Å². The van der Waals surface area contributed by atoms with Gasteiger partial charge in [-0.05, 0) is 68.6 Å². The zero-order valence-electron chi connectivity index (χ0n) is 49.9. The van der Waals surface area contributed by atoms with Crippen LogP contribution in [0.4, 0.5) is 4.79 Å². The van der Waals surface area contributed by atoms with Gasteiger partial charge in [-0.15, -0.1) is 0 Å². The standard InChI is InChI=1S/C63H111NO14/c1-6-10-14-18-22-29-37-72-57(65)41-53(42-58(66)73-38-30-23-19-15-11-7-2)45-61(69)76-49-55-47-56(64(55)63(71)78-48-52-34-28-26-27-33-51(5)35-36-52)50-77-62(70)46-54(43-59(67)74-39-31-24-20-16-12-8-3)44-60(68)75-40-32-25-21-17-13-9-4/h51-56H,6-50H2,1-5H3/t51?,52?,55-,56-/m1/s1. The lowest BCUT2D eigenvalue weighted by molar-refractivity contribution is -0.154. The monoisotopic (exact) mass is 1110 g/mol. The second-order valence-electron chi connectivity index (χ2n) is 23.0. The van der Waals surface area contributed by atoms with Crippen molar-refractivity contribution < 1.29 is 66.7 Å². The van der Waals surface area contributed by atoms with Crippen molar-refractivity contribution >= 4 is 41.9 Å². The van der Waals surface area contributed by atoms with Crippen molar-refractivity contribution in [3.63, 3.8) is 0 Å². The Labute approximate surface area is 472 Å². The predicted molar refractivity (Wildman–Crippen MR) is 304 cm³/mol. The summed E-state index contributed by atoms with van der Waals surface area (Å²) in [4.78, 5) is 94.7. The Morgan fingerprint density at radius 2 is 0.679 bits per heavy atom. The van der Waals surface area contributed by atoms with Gasteiger partial charge in [0.05, 0.1) is 45.1 Å². The zero-order chi connectivity index (χ0) is 56.9. The molecule has 15 nitrogen and oxygen atoms in total. The third-order valence-corrected chi connectivity index (χ3v) is 15.5. The first-order valence-corrected chi connectivity index (χ1v) is 31.8. The van der Waals surface area contributed by atoms with Gasteiger partial charge in [0.15, 0.2) is 0 Å². The van der Waals surface area contributed by atoms with Crippen LogP contribution >= 0.6 is 0 Å². The third-order valence-electron chi connectivity index (χ3n) is 15.5. The highest BCUT2D eigenvalue weighted by atomic mass is 16.6. The Balaban J connectivity index is 2.14. The van der Waals surface area contributed by atoms with Gasteiger partial charge >= 0.3 is 41.9 Å². The molecule has 1 saturated heterocycles. The summed E-state index contributed by atoms with van der Waals surface area (Å²) in [6.07, 6.45) is 31.3. The largest absolute Gasteiger partial charge is 0.466 e. The molecule has 1 amide bonds. The van der Waals surface area contributed by atoms with Crippen molar-refractivity contribution in [1.82, 2.24) is 4.90 Å². The van der Waals surface area contributed by atoms with E-state index in [1.807, 2.05) is 0 Å². The molecule has 0 bridgehead atoms. The van der Waals surface area contributed by atoms with Crippen LogP contribution in [0.2, 0.25) is 0 Å². The number of hydrogen-bond acceptors (Lipinski definition) is 14. The number of unbranched alkanes of at least 4 members (excludes halogenated alkanes) is 20. The van der Waals surface area contributed by atoms with Gasteiger partial charge in [0, 0.05) is 38.5 Å². The molecule has 2 rings (SSSR count). The number of rotatable bonds is 46. The predicted octanol–water partition coefficient (Wildman–Crippen LogP) is 14.8. The van der Waals surface area contributed by atoms with Crippen LogP contribution in [0.5, 0.6) is 0 Å². The molecule has 15 heteroatoms. The van der Waals surface area contributed by atoms with Crippen molar-refractivity contribution in [3.05, 3.63) is 0 Å². The number of likely N-dealkylation sites (tertiary alicyclic amines) is 1. The smallest absolute Gasteiger partial charge is 0.410 e. The van der Waals surface area contributed by atoms with Crippen LogP contribution < -0.4 is 0 Å². The Morgan fingerprint density at radius 1 is 0.359 bits per heavy atom. The van der Waals surface area contributed by atoms with Crippen molar-refractivity contribution in [1.29, 1.82) is 0 Å². The summed E-state index contributed by atoms with van der Waals surface area (Å²) in [6, 6.07) is -1.16. The zero-order valence-corrected chi connectivity index (χ0v) is 49.9. The van der Waals surface area contributed by atoms with E-state index in [1.54, 1.807) is 0 Å². The average molecular weight is 1110 g/mol. The molecular formula is C63H111NO14. The summed E-state index contributed by atoms with van der Waals surface area (Å²) in [7, 11) is 0. The summed E-state index contributed by atoms with van der Waals surface area (Å²) >= 11 is 0. The van der Waals surface area contributed by atoms with E-state index in [9.17, 15) is 33.6 Å². The minimum absolute atomic E-state index is 0.145. The molecule has 2 aliphatic rings. The van der Waals surface area contributed by atoms with E-state index in [0.29, 0.717) is 12.3 Å². The number of carbonyl (C=O) groups excluding carboxylic acids is 7. The molecule has 1 aliphatic carbocycles. The van der Waals surface area contributed by atoms with E-state index in [1.165, 1.54) is 43.4 Å². The van der Waals surface area contributed by atoms with E-state index in [0.717, 1.165) is 161 Å². The molecular weight excluding hydrogens is 995 g/mol. The number of carbonyl (C=O) groups is 7. The van der Waals surface area contributed by atoms with E-state index < -0.39 is 65.8 Å². The lowest BCUT2D eigenvalue weighted by Gasteiger charge is -2.46. The maximum absolute atomic E-state index is 14.0. The van der Waals surface area contributed by atoms with Gasteiger partial charge in [-0.25, -0.2) is 4.79 Å². The first kappa shape index (κ1) is 70.2. The second kappa shape index (κ2) is 46.8. The summed E-state index contributed by atoms with van der Waals surface area (Å²) < 4.78 is 39.7. The normalized spacial score (nSPS) is 17.6. The number of nitrogens with zero attached hydrogens (tertiary/aromatic N) is 1. The van der Waals surface area contributed by atoms with Crippen LogP contribution in [0, 0.1) is 23.7 Å². The summed E-state index contributed by atoms with van der Waals surface area (Å²) in [5, 5.41) is 0. The first-order valence-electron chi connectivity index (χ1n) is 31.8. The van der Waals surface area contributed by atoms with Gasteiger partial charge in [0.1, 0.15) is 13.2 Å². The van der Waals surface area contributed by atoms with Crippen LogP contribution in [-0.4, -0.2) is 105 Å². The van der Waals surface area contributed by atoms with E-state index >= 15 is 0 Å². The Morgan fingerprint density at radius 3 is 1.04 bits per heavy atom. The van der Waals surface area contributed by atoms with Crippen LogP contribution in [-0.2, 0) is 61.9 Å². The van der Waals surface area contributed by atoms with Gasteiger partial charge in [0.2, 0.25) is 0 Å². The highest BCUT2D eigenvalue weighted by Gasteiger charge is 2.44. The van der Waals surface area contributed by atoms with Crippen molar-refractivity contribution in [2.75, 3.05) is 46.2 Å². The van der Waals surface area contributed by atoms with E-state index in [2.05, 4.69) is 34.6 Å². The van der Waals surface area contributed by atoms with Gasteiger partial charge in [-0.2, -0.15) is 0 Å². The molecule has 1 saturated carbocycles. The lowest BCUT2D eigenvalue weighted by Crippen LogP contribution is -2.62. The Hall–Kier alpha value is -3.91. The van der Waals surface area contributed by atoms with Crippen LogP contribution in [0.25, 0.3) is 0 Å². The summed E-state index contributed by atoms with van der Waals surface area (Å²) in [5.41, 5.74) is 0. The van der Waals surface area contributed by atoms with Crippen molar-refractivity contribution in [2.45, 2.75) is 291 Å². The van der Waals surface area contributed by atoms with Crippen LogP contribution in [0.1, 0.15) is 279 Å². The van der Waals surface area contributed by atoms with Gasteiger partial charge in [0.25, 0.3) is 0 Å².